The van der Waals surface area contributed by atoms with Crippen molar-refractivity contribution in [2.75, 3.05) is 12.4 Å². The number of anilines is 1. The first-order valence-corrected chi connectivity index (χ1v) is 8.73. The van der Waals surface area contributed by atoms with E-state index in [2.05, 4.69) is 15.0 Å². The van der Waals surface area contributed by atoms with E-state index >= 15 is 0 Å². The number of rotatable bonds is 5. The number of methoxy groups -OCH3 is 1. The van der Waals surface area contributed by atoms with Crippen LogP contribution < -0.4 is 16.6 Å². The lowest BCUT2D eigenvalue weighted by Gasteiger charge is -2.10. The Hall–Kier alpha value is -3.46. The number of hydrogen-bond donors (Lipinski definition) is 2. The number of carbonyl (C=O) groups excluding carboxylic acids is 2. The molecule has 0 aliphatic rings. The number of carbonyl (C=O) groups is 2. The Kier molecular flexibility index (Phi) is 5.32. The van der Waals surface area contributed by atoms with Crippen LogP contribution in [0.15, 0.2) is 57.6 Å². The number of thiophene rings is 1. The second-order valence-electron chi connectivity index (χ2n) is 5.47. The molecule has 0 aliphatic carbocycles. The van der Waals surface area contributed by atoms with E-state index in [0.717, 1.165) is 15.6 Å². The summed E-state index contributed by atoms with van der Waals surface area (Å²) in [6.07, 6.45) is 1.06. The molecule has 3 rings (SSSR count). The predicted octanol–water partition coefficient (Wildman–Crippen LogP) is 1.69. The van der Waals surface area contributed by atoms with Crippen LogP contribution in [0, 0.1) is 0 Å². The Balaban J connectivity index is 1.94. The normalized spacial score (nSPS) is 10.4. The van der Waals surface area contributed by atoms with E-state index in [1.807, 2.05) is 5.38 Å². The molecule has 9 heteroatoms. The quantitative estimate of drug-likeness (QED) is 0.650. The average molecular weight is 385 g/mol. The van der Waals surface area contributed by atoms with Crippen molar-refractivity contribution in [3.63, 3.8) is 0 Å². The molecule has 2 N–H and O–H groups in total. The highest BCUT2D eigenvalue weighted by molar-refractivity contribution is 7.09. The Morgan fingerprint density at radius 1 is 1.15 bits per heavy atom. The van der Waals surface area contributed by atoms with E-state index in [4.69, 9.17) is 0 Å². The molecular formula is C18H15N3O5S. The highest BCUT2D eigenvalue weighted by atomic mass is 32.1. The lowest BCUT2D eigenvalue weighted by Crippen LogP contribution is -2.39. The third-order valence-electron chi connectivity index (χ3n) is 3.78. The van der Waals surface area contributed by atoms with Gasteiger partial charge in [-0.15, -0.1) is 11.3 Å². The van der Waals surface area contributed by atoms with Crippen LogP contribution in [0.2, 0.25) is 0 Å². The van der Waals surface area contributed by atoms with Crippen LogP contribution in [0.5, 0.6) is 0 Å². The molecule has 0 saturated heterocycles. The van der Waals surface area contributed by atoms with Gasteiger partial charge in [0.25, 0.3) is 11.5 Å². The first kappa shape index (κ1) is 18.3. The summed E-state index contributed by atoms with van der Waals surface area (Å²) in [5.41, 5.74) is -1.23. The van der Waals surface area contributed by atoms with Gasteiger partial charge in [0.15, 0.2) is 0 Å². The standard InChI is InChI=1S/C18H15N3O5S/c1-26-17(24)12-6-2-3-7-14(12)20-15(22)13-9-19-18(25)21(16(13)23)10-11-5-4-8-27-11/h2-9H,10H2,1H3,(H,19,25)(H,20,22). The molecule has 0 spiro atoms. The average Bonchev–Trinajstić information content (AvgIpc) is 3.18. The Morgan fingerprint density at radius 3 is 2.63 bits per heavy atom. The summed E-state index contributed by atoms with van der Waals surface area (Å²) in [6, 6.07) is 9.85. The minimum absolute atomic E-state index is 0.0612. The second-order valence-corrected chi connectivity index (χ2v) is 6.50. The molecule has 138 valence electrons. The van der Waals surface area contributed by atoms with Crippen LogP contribution >= 0.6 is 11.3 Å². The molecule has 27 heavy (non-hydrogen) atoms. The number of benzene rings is 1. The maximum Gasteiger partial charge on any atom is 0.339 e. The number of aromatic nitrogens is 2. The van der Waals surface area contributed by atoms with Gasteiger partial charge in [0.05, 0.1) is 24.9 Å². The number of para-hydroxylation sites is 1. The lowest BCUT2D eigenvalue weighted by molar-refractivity contribution is 0.0602. The van der Waals surface area contributed by atoms with Crippen LogP contribution in [0.4, 0.5) is 5.69 Å². The second kappa shape index (κ2) is 7.83. The molecule has 0 aliphatic heterocycles. The van der Waals surface area contributed by atoms with Gasteiger partial charge in [-0.1, -0.05) is 18.2 Å². The fraction of sp³-hybridized carbons (Fsp3) is 0.111. The largest absolute Gasteiger partial charge is 0.465 e. The third-order valence-corrected chi connectivity index (χ3v) is 4.64. The minimum Gasteiger partial charge on any atom is -0.465 e. The number of nitrogens with one attached hydrogen (secondary N) is 2. The molecule has 0 unspecified atom stereocenters. The lowest BCUT2D eigenvalue weighted by atomic mass is 10.1. The van der Waals surface area contributed by atoms with Crippen molar-refractivity contribution in [3.8, 4) is 0 Å². The van der Waals surface area contributed by atoms with Gasteiger partial charge in [-0.05, 0) is 23.6 Å². The summed E-state index contributed by atoms with van der Waals surface area (Å²) in [4.78, 5) is 52.2. The van der Waals surface area contributed by atoms with Gasteiger partial charge < -0.3 is 15.0 Å². The fourth-order valence-electron chi connectivity index (χ4n) is 2.45. The zero-order valence-electron chi connectivity index (χ0n) is 14.2. The van der Waals surface area contributed by atoms with Gasteiger partial charge in [-0.3, -0.25) is 14.2 Å². The van der Waals surface area contributed by atoms with E-state index in [-0.39, 0.29) is 23.4 Å². The molecule has 0 saturated carbocycles. The van der Waals surface area contributed by atoms with Crippen LogP contribution in [0.25, 0.3) is 0 Å². The molecule has 0 atom stereocenters. The summed E-state index contributed by atoms with van der Waals surface area (Å²) in [5, 5.41) is 4.34. The number of nitrogens with zero attached hydrogens (tertiary/aromatic N) is 1. The third kappa shape index (κ3) is 3.87. The Morgan fingerprint density at radius 2 is 1.93 bits per heavy atom. The van der Waals surface area contributed by atoms with Gasteiger partial charge in [-0.25, -0.2) is 9.59 Å². The number of hydrogen-bond acceptors (Lipinski definition) is 6. The van der Waals surface area contributed by atoms with Gasteiger partial charge in [0.2, 0.25) is 0 Å². The maximum absolute atomic E-state index is 12.6. The number of ether oxygens (including phenoxy) is 1. The molecule has 2 aromatic heterocycles. The molecule has 1 amide bonds. The molecule has 0 bridgehead atoms. The van der Waals surface area contributed by atoms with E-state index in [9.17, 15) is 19.2 Å². The first-order valence-electron chi connectivity index (χ1n) is 7.85. The summed E-state index contributed by atoms with van der Waals surface area (Å²) in [7, 11) is 1.23. The molecule has 3 aromatic rings. The van der Waals surface area contributed by atoms with Crippen LogP contribution in [0.3, 0.4) is 0 Å². The molecule has 1 aromatic carbocycles. The fourth-order valence-corrected chi connectivity index (χ4v) is 3.14. The SMILES string of the molecule is COC(=O)c1ccccc1NC(=O)c1c[nH]c(=O)n(Cc2cccs2)c1=O. The predicted molar refractivity (Wildman–Crippen MR) is 100 cm³/mol. The number of amides is 1. The molecule has 8 nitrogen and oxygen atoms in total. The molecular weight excluding hydrogens is 370 g/mol. The zero-order valence-corrected chi connectivity index (χ0v) is 15.0. The number of aromatic amines is 1. The van der Waals surface area contributed by atoms with E-state index in [1.54, 1.807) is 24.3 Å². The first-order chi connectivity index (χ1) is 13.0. The zero-order chi connectivity index (χ0) is 19.4. The summed E-state index contributed by atoms with van der Waals surface area (Å²) >= 11 is 1.40. The van der Waals surface area contributed by atoms with Gasteiger partial charge >= 0.3 is 11.7 Å². The minimum atomic E-state index is -0.743. The van der Waals surface area contributed by atoms with E-state index in [1.165, 1.54) is 30.6 Å². The van der Waals surface area contributed by atoms with Crippen LogP contribution in [-0.4, -0.2) is 28.5 Å². The van der Waals surface area contributed by atoms with Crippen molar-refractivity contribution in [3.05, 3.63) is 84.8 Å². The van der Waals surface area contributed by atoms with Crippen molar-refractivity contribution in [1.82, 2.24) is 9.55 Å². The van der Waals surface area contributed by atoms with E-state index < -0.39 is 23.1 Å². The summed E-state index contributed by atoms with van der Waals surface area (Å²) in [5.74, 6) is -1.37. The molecule has 0 fully saturated rings. The monoisotopic (exact) mass is 385 g/mol. The van der Waals surface area contributed by atoms with Crippen LogP contribution in [-0.2, 0) is 11.3 Å². The Labute approximate surface area is 157 Å². The molecule has 2 heterocycles. The molecule has 0 radical (unpaired) electrons. The maximum atomic E-state index is 12.6. The summed E-state index contributed by atoms with van der Waals surface area (Å²) < 4.78 is 5.63. The number of esters is 1. The van der Waals surface area contributed by atoms with Crippen molar-refractivity contribution in [2.24, 2.45) is 0 Å². The number of H-pyrrole nitrogens is 1. The van der Waals surface area contributed by atoms with Gasteiger partial charge in [0, 0.05) is 11.1 Å². The van der Waals surface area contributed by atoms with Crippen molar-refractivity contribution in [2.45, 2.75) is 6.54 Å². The highest BCUT2D eigenvalue weighted by Gasteiger charge is 2.18. The van der Waals surface area contributed by atoms with Crippen LogP contribution in [0.1, 0.15) is 25.6 Å². The topological polar surface area (TPSA) is 110 Å². The van der Waals surface area contributed by atoms with Crippen molar-refractivity contribution in [1.29, 1.82) is 0 Å². The van der Waals surface area contributed by atoms with Crippen molar-refractivity contribution < 1.29 is 14.3 Å². The van der Waals surface area contributed by atoms with Gasteiger partial charge in [-0.2, -0.15) is 0 Å². The smallest absolute Gasteiger partial charge is 0.339 e. The summed E-state index contributed by atoms with van der Waals surface area (Å²) in [6.45, 7) is 0.0612. The van der Waals surface area contributed by atoms with Gasteiger partial charge in [0.1, 0.15) is 5.56 Å². The Bertz CT molecular complexity index is 1100. The van der Waals surface area contributed by atoms with E-state index in [0.29, 0.717) is 0 Å². The van der Waals surface area contributed by atoms with Crippen molar-refractivity contribution >= 4 is 28.9 Å². The highest BCUT2D eigenvalue weighted by Crippen LogP contribution is 2.16.